The van der Waals surface area contributed by atoms with Gasteiger partial charge in [-0.05, 0) is 124 Å². The van der Waals surface area contributed by atoms with Gasteiger partial charge in [0.25, 0.3) is 15.9 Å². The Kier molecular flexibility index (Phi) is 10.8. The van der Waals surface area contributed by atoms with Crippen molar-refractivity contribution in [3.63, 3.8) is 0 Å². The van der Waals surface area contributed by atoms with Crippen LogP contribution in [0.25, 0.3) is 11.0 Å². The molecule has 0 bridgehead atoms. The molecule has 2 saturated carbocycles. The van der Waals surface area contributed by atoms with Crippen molar-refractivity contribution < 1.29 is 27.6 Å². The van der Waals surface area contributed by atoms with Crippen LogP contribution in [-0.4, -0.2) is 84.0 Å². The number of rotatable bonds is 13. The van der Waals surface area contributed by atoms with Crippen LogP contribution in [0.3, 0.4) is 0 Å². The quantitative estimate of drug-likeness (QED) is 0.0763. The van der Waals surface area contributed by atoms with E-state index in [1.54, 1.807) is 35.5 Å². The highest BCUT2D eigenvalue weighted by Crippen LogP contribution is 2.55. The van der Waals surface area contributed by atoms with Gasteiger partial charge in [0.15, 0.2) is 0 Å². The molecule has 2 aromatic carbocycles. The second-order valence-electron chi connectivity index (χ2n) is 17.8. The molecule has 6 heterocycles. The molecule has 16 heteroatoms. The van der Waals surface area contributed by atoms with Gasteiger partial charge >= 0.3 is 5.69 Å². The molecule has 2 aliphatic carbocycles. The molecular formula is C46H52N8O7S. The van der Waals surface area contributed by atoms with Gasteiger partial charge in [0.1, 0.15) is 22.0 Å². The molecule has 62 heavy (non-hydrogen) atoms. The van der Waals surface area contributed by atoms with Crippen LogP contribution in [0.15, 0.2) is 84.1 Å². The van der Waals surface area contributed by atoms with E-state index in [1.807, 2.05) is 12.1 Å². The van der Waals surface area contributed by atoms with Crippen molar-refractivity contribution >= 4 is 44.2 Å². The van der Waals surface area contributed by atoms with Crippen LogP contribution in [0.4, 0.5) is 17.2 Å². The van der Waals surface area contributed by atoms with Crippen molar-refractivity contribution in [2.24, 2.45) is 5.41 Å². The highest BCUT2D eigenvalue weighted by Gasteiger charge is 2.50. The summed E-state index contributed by atoms with van der Waals surface area (Å²) in [5.74, 6) is 0.218. The number of pyridine rings is 2. The average Bonchev–Trinajstić information content (AvgIpc) is 3.82. The van der Waals surface area contributed by atoms with Crippen LogP contribution in [-0.2, 0) is 14.8 Å². The summed E-state index contributed by atoms with van der Waals surface area (Å²) in [5.41, 5.74) is 4.42. The Balaban J connectivity index is 0.841. The van der Waals surface area contributed by atoms with E-state index in [1.165, 1.54) is 51.3 Å². The van der Waals surface area contributed by atoms with E-state index in [-0.39, 0.29) is 29.8 Å². The van der Waals surface area contributed by atoms with E-state index in [9.17, 15) is 23.3 Å². The van der Waals surface area contributed by atoms with Gasteiger partial charge in [0.05, 0.1) is 29.0 Å². The number of likely N-dealkylation sites (tertiary alicyclic amines) is 1. The fourth-order valence-corrected chi connectivity index (χ4v) is 11.2. The van der Waals surface area contributed by atoms with Crippen molar-refractivity contribution in [2.75, 3.05) is 43.0 Å². The zero-order valence-electron chi connectivity index (χ0n) is 34.6. The first kappa shape index (κ1) is 40.5. The Morgan fingerprint density at radius 1 is 0.952 bits per heavy atom. The minimum atomic E-state index is -4.61. The predicted molar refractivity (Wildman–Crippen MR) is 234 cm³/mol. The number of nitrogens with zero attached hydrogens (tertiary/aromatic N) is 5. The van der Waals surface area contributed by atoms with Crippen molar-refractivity contribution in [1.29, 1.82) is 0 Å². The van der Waals surface area contributed by atoms with Gasteiger partial charge in [-0.3, -0.25) is 19.8 Å². The summed E-state index contributed by atoms with van der Waals surface area (Å²) in [6, 6.07) is 20.0. The maximum absolute atomic E-state index is 13.9. The number of nitrogens with one attached hydrogen (secondary N) is 3. The molecule has 324 valence electrons. The molecule has 15 nitrogen and oxygen atoms in total. The molecule has 5 fully saturated rings. The van der Waals surface area contributed by atoms with Gasteiger partial charge in [-0.25, -0.2) is 23.1 Å². The van der Waals surface area contributed by atoms with Gasteiger partial charge in [-0.1, -0.05) is 24.3 Å². The lowest BCUT2D eigenvalue weighted by Gasteiger charge is -2.56. The first-order valence-corrected chi connectivity index (χ1v) is 23.5. The number of nitro groups is 1. The molecule has 5 aromatic rings. The fraction of sp³-hybridized carbons (Fsp3) is 0.457. The summed E-state index contributed by atoms with van der Waals surface area (Å²) >= 11 is 0. The van der Waals surface area contributed by atoms with Crippen molar-refractivity contribution in [2.45, 2.75) is 99.6 Å². The Morgan fingerprint density at radius 3 is 2.55 bits per heavy atom. The number of H-pyrrole nitrogens is 1. The second kappa shape index (κ2) is 16.6. The number of carbonyl (C=O) groups is 1. The van der Waals surface area contributed by atoms with Gasteiger partial charge in [0.2, 0.25) is 5.82 Å². The lowest BCUT2D eigenvalue weighted by molar-refractivity contribution is -0.384. The number of aromatic amines is 1. The number of benzene rings is 2. The van der Waals surface area contributed by atoms with Crippen LogP contribution in [0.5, 0.6) is 11.5 Å². The van der Waals surface area contributed by atoms with E-state index >= 15 is 0 Å². The highest BCUT2D eigenvalue weighted by atomic mass is 32.2. The number of sulfonamides is 1. The van der Waals surface area contributed by atoms with Crippen LogP contribution in [0.2, 0.25) is 0 Å². The fourth-order valence-electron chi connectivity index (χ4n) is 10.3. The Bertz CT molecular complexity index is 2590. The highest BCUT2D eigenvalue weighted by molar-refractivity contribution is 7.90. The van der Waals surface area contributed by atoms with Gasteiger partial charge in [-0.2, -0.15) is 0 Å². The third-order valence-electron chi connectivity index (χ3n) is 13.8. The van der Waals surface area contributed by atoms with Crippen molar-refractivity contribution in [3.8, 4) is 11.5 Å². The first-order chi connectivity index (χ1) is 30.1. The summed E-state index contributed by atoms with van der Waals surface area (Å²) < 4.78 is 41.4. The minimum Gasteiger partial charge on any atom is -0.455 e. The second-order valence-corrected chi connectivity index (χ2v) is 19.5. The Hall–Kier alpha value is -5.58. The minimum absolute atomic E-state index is 0.0292. The molecule has 3 aromatic heterocycles. The number of amides is 1. The predicted octanol–water partition coefficient (Wildman–Crippen LogP) is 8.22. The lowest BCUT2D eigenvalue weighted by atomic mass is 9.59. The van der Waals surface area contributed by atoms with Crippen LogP contribution in [0.1, 0.15) is 104 Å². The normalized spacial score (nSPS) is 21.8. The average molecular weight is 861 g/mol. The largest absolute Gasteiger partial charge is 0.455 e. The summed E-state index contributed by atoms with van der Waals surface area (Å²) in [6.45, 7) is 3.77. The molecule has 3 saturated heterocycles. The molecular weight excluding hydrogens is 809 g/mol. The molecule has 0 radical (unpaired) electrons. The first-order valence-electron chi connectivity index (χ1n) is 22.0. The number of hydrogen-bond donors (Lipinski definition) is 3. The van der Waals surface area contributed by atoms with Crippen LogP contribution >= 0.6 is 0 Å². The summed E-state index contributed by atoms with van der Waals surface area (Å²) in [6.07, 6.45) is 16.6. The zero-order valence-corrected chi connectivity index (χ0v) is 35.4. The molecule has 3 aliphatic heterocycles. The summed E-state index contributed by atoms with van der Waals surface area (Å²) in [4.78, 5) is 41.4. The number of fused-ring (bicyclic) bond motifs is 1. The summed E-state index contributed by atoms with van der Waals surface area (Å²) in [5, 5.41) is 15.8. The van der Waals surface area contributed by atoms with Crippen molar-refractivity contribution in [1.82, 2.24) is 24.6 Å². The lowest BCUT2D eigenvalue weighted by Crippen LogP contribution is -2.54. The standard InChI is InChI=1S/C46H52N8O7S/c55-45(51-62(58,59)36-24-41(54(56)57)44(50-29-36)49-27-34-6-3-4-21-60-34)39-13-12-32(23-42(39)61-35-22-31-14-17-47-43(31)48-28-35)52-19-15-46(16-20-52)25-33(26-46)53-18-5-9-40(53)38-8-2-1-7-37(38)30-10-11-30/h1-2,7-8,12-14,17,22-24,28-30,33-34,40H,3-6,9-11,15-16,18-21,25-27H2,(H,47,48)(H,49,50)(H,51,55)/t34-,40+/m0/s1. The molecule has 1 amide bonds. The van der Waals surface area contributed by atoms with Gasteiger partial charge in [0, 0.05) is 67.7 Å². The third-order valence-corrected chi connectivity index (χ3v) is 15.1. The SMILES string of the molecule is O=C(NS(=O)(=O)c1cnc(NC[C@@H]2CCCCO2)c([N+](=O)[O-])c1)c1ccc(N2CCC3(CC2)CC(N2CCC[C@@H]2c2ccccc2C2CC2)C3)cc1Oc1cnc2[nH]ccc2c1. The Morgan fingerprint density at radius 2 is 1.77 bits per heavy atom. The van der Waals surface area contributed by atoms with Crippen molar-refractivity contribution in [3.05, 3.63) is 106 Å². The zero-order chi connectivity index (χ0) is 42.4. The molecule has 3 N–H and O–H groups in total. The molecule has 5 aliphatic rings. The van der Waals surface area contributed by atoms with E-state index in [4.69, 9.17) is 9.47 Å². The van der Waals surface area contributed by atoms with E-state index < -0.39 is 31.4 Å². The van der Waals surface area contributed by atoms with E-state index in [0.29, 0.717) is 35.5 Å². The topological polar surface area (TPSA) is 185 Å². The number of ether oxygens (including phenoxy) is 2. The molecule has 10 rings (SSSR count). The van der Waals surface area contributed by atoms with E-state index in [0.717, 1.165) is 74.4 Å². The molecule has 1 spiro atoms. The smallest absolute Gasteiger partial charge is 0.312 e. The maximum Gasteiger partial charge on any atom is 0.312 e. The monoisotopic (exact) mass is 860 g/mol. The molecule has 0 unspecified atom stereocenters. The number of aromatic nitrogens is 3. The summed E-state index contributed by atoms with van der Waals surface area (Å²) in [7, 11) is -4.61. The molecule has 2 atom stereocenters. The van der Waals surface area contributed by atoms with Crippen LogP contribution in [0, 0.1) is 15.5 Å². The number of piperidine rings is 1. The van der Waals surface area contributed by atoms with Gasteiger partial charge in [-0.15, -0.1) is 0 Å². The Labute approximate surface area is 360 Å². The third kappa shape index (κ3) is 8.22. The number of carbonyl (C=O) groups excluding carboxylic acids is 1. The number of hydrogen-bond acceptors (Lipinski definition) is 12. The van der Waals surface area contributed by atoms with E-state index in [2.05, 4.69) is 59.1 Å². The number of anilines is 2. The van der Waals surface area contributed by atoms with Gasteiger partial charge < -0.3 is 24.7 Å². The maximum atomic E-state index is 13.9. The van der Waals surface area contributed by atoms with Crippen LogP contribution < -0.4 is 19.7 Å².